The van der Waals surface area contributed by atoms with Crippen molar-refractivity contribution in [2.45, 2.75) is 38.8 Å². The van der Waals surface area contributed by atoms with E-state index in [0.717, 1.165) is 47.9 Å². The average Bonchev–Trinajstić information content (AvgIpc) is 3.44. The quantitative estimate of drug-likeness (QED) is 0.574. The number of rotatable bonds is 9. The molecule has 2 aliphatic rings. The maximum Gasteiger partial charge on any atom is 0.407 e. The predicted molar refractivity (Wildman–Crippen MR) is 128 cm³/mol. The van der Waals surface area contributed by atoms with E-state index in [1.165, 1.54) is 0 Å². The van der Waals surface area contributed by atoms with Crippen LogP contribution in [0.4, 0.5) is 4.79 Å². The number of amides is 1. The fourth-order valence-corrected chi connectivity index (χ4v) is 3.78. The molecule has 1 amide bonds. The van der Waals surface area contributed by atoms with Gasteiger partial charge in [0.1, 0.15) is 6.61 Å². The van der Waals surface area contributed by atoms with Crippen LogP contribution in [0.3, 0.4) is 0 Å². The van der Waals surface area contributed by atoms with Crippen LogP contribution in [0.1, 0.15) is 43.4 Å². The largest absolute Gasteiger partial charge is 0.445 e. The monoisotopic (exact) mass is 449 g/mol. The molecule has 1 unspecified atom stereocenters. The maximum absolute atomic E-state index is 12.1. The minimum atomic E-state index is -0.427. The molecule has 0 aliphatic carbocycles. The number of fused-ring (bicyclic) bond motifs is 1. The molecule has 9 nitrogen and oxygen atoms in total. The van der Waals surface area contributed by atoms with Gasteiger partial charge in [-0.05, 0) is 12.0 Å². The van der Waals surface area contributed by atoms with Crippen LogP contribution in [0.25, 0.3) is 0 Å². The van der Waals surface area contributed by atoms with Crippen LogP contribution in [0.5, 0.6) is 0 Å². The normalized spacial score (nSPS) is 18.4. The second-order valence-electron chi connectivity index (χ2n) is 8.14. The first kappa shape index (κ1) is 22.6. The van der Waals surface area contributed by atoms with E-state index >= 15 is 0 Å². The van der Waals surface area contributed by atoms with E-state index in [9.17, 15) is 4.79 Å². The lowest BCUT2D eigenvalue weighted by Gasteiger charge is -2.30. The number of hydrogen-bond acceptors (Lipinski definition) is 6. The zero-order valence-electron chi connectivity index (χ0n) is 19.2. The first-order chi connectivity index (χ1) is 16.1. The Labute approximate surface area is 194 Å². The molecule has 2 aliphatic heterocycles. The van der Waals surface area contributed by atoms with E-state index in [1.807, 2.05) is 49.8 Å². The van der Waals surface area contributed by atoms with Crippen molar-refractivity contribution >= 4 is 17.8 Å². The lowest BCUT2D eigenvalue weighted by atomic mass is 10.1. The van der Waals surface area contributed by atoms with Gasteiger partial charge in [0.15, 0.2) is 11.7 Å². The Morgan fingerprint density at radius 1 is 1.33 bits per heavy atom. The lowest BCUT2D eigenvalue weighted by Crippen LogP contribution is -2.45. The third-order valence-electron chi connectivity index (χ3n) is 5.55. The fraction of sp³-hybridized carbons (Fsp3) is 0.417. The SMILES string of the molecule is CCCCN=C1NC(CCNC(=O)OCc2ccccc2)=CN2C1=NCC2c1cnn(C)c1. The zero-order chi connectivity index (χ0) is 23.0. The third kappa shape index (κ3) is 5.79. The number of unbranched alkanes of at least 4 members (excludes halogenated alkanes) is 1. The third-order valence-corrected chi connectivity index (χ3v) is 5.55. The van der Waals surface area contributed by atoms with Crippen molar-refractivity contribution in [3.8, 4) is 0 Å². The molecular formula is C24H31N7O2. The van der Waals surface area contributed by atoms with Gasteiger partial charge in [-0.15, -0.1) is 0 Å². The van der Waals surface area contributed by atoms with Crippen molar-refractivity contribution in [2.24, 2.45) is 17.0 Å². The summed E-state index contributed by atoms with van der Waals surface area (Å²) in [7, 11) is 1.92. The number of hydrogen-bond donors (Lipinski definition) is 2. The molecule has 0 spiro atoms. The highest BCUT2D eigenvalue weighted by Crippen LogP contribution is 2.29. The summed E-state index contributed by atoms with van der Waals surface area (Å²) in [5, 5.41) is 10.6. The van der Waals surface area contributed by atoms with Gasteiger partial charge in [0.25, 0.3) is 0 Å². The summed E-state index contributed by atoms with van der Waals surface area (Å²) in [4.78, 5) is 23.8. The van der Waals surface area contributed by atoms with Gasteiger partial charge in [-0.1, -0.05) is 43.7 Å². The van der Waals surface area contributed by atoms with Gasteiger partial charge in [0.2, 0.25) is 0 Å². The van der Waals surface area contributed by atoms with Gasteiger partial charge in [0.05, 0.1) is 18.8 Å². The van der Waals surface area contributed by atoms with Crippen molar-refractivity contribution in [1.82, 2.24) is 25.3 Å². The number of carbonyl (C=O) groups excluding carboxylic acids is 1. The highest BCUT2D eigenvalue weighted by molar-refractivity contribution is 6.42. The fourth-order valence-electron chi connectivity index (χ4n) is 3.78. The molecule has 2 N–H and O–H groups in total. The molecule has 0 fully saturated rings. The summed E-state index contributed by atoms with van der Waals surface area (Å²) in [6.45, 7) is 4.26. The molecule has 1 aromatic carbocycles. The van der Waals surface area contributed by atoms with Crippen molar-refractivity contribution in [1.29, 1.82) is 0 Å². The van der Waals surface area contributed by atoms with Crippen molar-refractivity contribution in [2.75, 3.05) is 19.6 Å². The van der Waals surface area contributed by atoms with Crippen LogP contribution in [0.15, 0.2) is 64.6 Å². The summed E-state index contributed by atoms with van der Waals surface area (Å²) in [5.41, 5.74) is 3.05. The van der Waals surface area contributed by atoms with Crippen LogP contribution < -0.4 is 10.6 Å². The lowest BCUT2D eigenvalue weighted by molar-refractivity contribution is 0.140. The van der Waals surface area contributed by atoms with Crippen molar-refractivity contribution < 1.29 is 9.53 Å². The molecule has 0 saturated carbocycles. The molecule has 0 bridgehead atoms. The van der Waals surface area contributed by atoms with Gasteiger partial charge in [-0.3, -0.25) is 14.7 Å². The Morgan fingerprint density at radius 3 is 2.94 bits per heavy atom. The second-order valence-corrected chi connectivity index (χ2v) is 8.14. The van der Waals surface area contributed by atoms with Crippen LogP contribution >= 0.6 is 0 Å². The average molecular weight is 450 g/mol. The summed E-state index contributed by atoms with van der Waals surface area (Å²) < 4.78 is 7.11. The van der Waals surface area contributed by atoms with Gasteiger partial charge in [-0.25, -0.2) is 4.79 Å². The second kappa shape index (κ2) is 10.8. The minimum Gasteiger partial charge on any atom is -0.445 e. The molecule has 33 heavy (non-hydrogen) atoms. The molecule has 2 aromatic rings. The number of amidine groups is 2. The Balaban J connectivity index is 1.38. The number of nitrogens with zero attached hydrogens (tertiary/aromatic N) is 5. The number of ether oxygens (including phenoxy) is 1. The first-order valence-corrected chi connectivity index (χ1v) is 11.4. The number of nitrogens with one attached hydrogen (secondary N) is 2. The summed E-state index contributed by atoms with van der Waals surface area (Å²) in [5.74, 6) is 1.65. The van der Waals surface area contributed by atoms with E-state index in [0.29, 0.717) is 19.5 Å². The number of alkyl carbamates (subject to hydrolysis) is 1. The maximum atomic E-state index is 12.1. The standard InChI is InChI=1S/C24H31N7O2/c1-3-4-11-25-22-23-27-14-21(19-13-28-30(2)15-19)31(23)16-20(29-22)10-12-26-24(32)33-17-18-8-6-5-7-9-18/h5-9,13,15-16,21H,3-4,10-12,14,17H2,1-2H3,(H,25,29)(H,26,32). The Morgan fingerprint density at radius 2 is 2.18 bits per heavy atom. The molecule has 174 valence electrons. The number of benzene rings is 1. The van der Waals surface area contributed by atoms with E-state index in [-0.39, 0.29) is 12.6 Å². The van der Waals surface area contributed by atoms with Crippen LogP contribution in [-0.2, 0) is 18.4 Å². The van der Waals surface area contributed by atoms with Crippen molar-refractivity contribution in [3.05, 3.63) is 65.7 Å². The predicted octanol–water partition coefficient (Wildman–Crippen LogP) is 3.14. The molecule has 4 rings (SSSR count). The Bertz CT molecular complexity index is 1040. The zero-order valence-corrected chi connectivity index (χ0v) is 19.2. The smallest absolute Gasteiger partial charge is 0.407 e. The molecule has 0 saturated heterocycles. The van der Waals surface area contributed by atoms with Crippen molar-refractivity contribution in [3.63, 3.8) is 0 Å². The van der Waals surface area contributed by atoms with Crippen LogP contribution in [0, 0.1) is 0 Å². The van der Waals surface area contributed by atoms with Crippen LogP contribution in [-0.4, -0.2) is 52.1 Å². The topological polar surface area (TPSA) is 96.1 Å². The number of aliphatic imine (C=N–C) groups is 2. The van der Waals surface area contributed by atoms with E-state index < -0.39 is 6.09 Å². The minimum absolute atomic E-state index is 0.0889. The number of aryl methyl sites for hydroxylation is 1. The molecule has 3 heterocycles. The van der Waals surface area contributed by atoms with Gasteiger partial charge in [0, 0.05) is 50.2 Å². The van der Waals surface area contributed by atoms with E-state index in [2.05, 4.69) is 33.8 Å². The summed E-state index contributed by atoms with van der Waals surface area (Å²) >= 11 is 0. The highest BCUT2D eigenvalue weighted by atomic mass is 16.5. The molecule has 0 radical (unpaired) electrons. The molecule has 1 atom stereocenters. The number of carbonyl (C=O) groups is 1. The van der Waals surface area contributed by atoms with Gasteiger partial charge in [-0.2, -0.15) is 5.10 Å². The van der Waals surface area contributed by atoms with Crippen LogP contribution in [0.2, 0.25) is 0 Å². The molecule has 1 aromatic heterocycles. The molecular weight excluding hydrogens is 418 g/mol. The van der Waals surface area contributed by atoms with Gasteiger partial charge >= 0.3 is 6.09 Å². The summed E-state index contributed by atoms with van der Waals surface area (Å²) in [6, 6.07) is 9.72. The molecule has 9 heteroatoms. The van der Waals surface area contributed by atoms with Gasteiger partial charge < -0.3 is 20.3 Å². The number of aromatic nitrogens is 2. The summed E-state index contributed by atoms with van der Waals surface area (Å²) in [6.07, 6.45) is 8.29. The first-order valence-electron chi connectivity index (χ1n) is 11.4. The highest BCUT2D eigenvalue weighted by Gasteiger charge is 2.34. The van der Waals surface area contributed by atoms with E-state index in [4.69, 9.17) is 14.7 Å². The van der Waals surface area contributed by atoms with E-state index in [1.54, 1.807) is 4.68 Å². The Hall–Kier alpha value is -3.62. The Kier molecular flexibility index (Phi) is 7.39.